The third kappa shape index (κ3) is 12.8. The van der Waals surface area contributed by atoms with Crippen LogP contribution in [-0.4, -0.2) is 39.5 Å². The van der Waals surface area contributed by atoms with Gasteiger partial charge in [0.1, 0.15) is 5.75 Å². The number of ether oxygens (including phenoxy) is 2. The summed E-state index contributed by atoms with van der Waals surface area (Å²) < 4.78 is 37.6. The molecule has 0 fully saturated rings. The molecule has 1 aromatic carbocycles. The van der Waals surface area contributed by atoms with Crippen LogP contribution >= 0.6 is 0 Å². The van der Waals surface area contributed by atoms with Crippen molar-refractivity contribution in [2.24, 2.45) is 0 Å². The van der Waals surface area contributed by atoms with Crippen molar-refractivity contribution in [2.45, 2.75) is 6.42 Å². The van der Waals surface area contributed by atoms with Crippen LogP contribution in [0.3, 0.4) is 0 Å². The Morgan fingerprint density at radius 2 is 1.72 bits per heavy atom. The van der Waals surface area contributed by atoms with Crippen LogP contribution in [0.4, 0.5) is 5.69 Å². The average molecular weight is 276 g/mol. The molecule has 6 nitrogen and oxygen atoms in total. The van der Waals surface area contributed by atoms with Crippen LogP contribution < -0.4 is 10.5 Å². The first-order chi connectivity index (χ1) is 8.33. The third-order valence-electron chi connectivity index (χ3n) is 1.64. The lowest BCUT2D eigenvalue weighted by molar-refractivity contribution is 0.172. The second kappa shape index (κ2) is 8.73. The van der Waals surface area contributed by atoms with Crippen LogP contribution in [-0.2, 0) is 14.9 Å². The zero-order chi connectivity index (χ0) is 14.0. The van der Waals surface area contributed by atoms with E-state index in [2.05, 4.69) is 0 Å². The van der Waals surface area contributed by atoms with Crippen molar-refractivity contribution < 1.29 is 22.4 Å². The van der Waals surface area contributed by atoms with Crippen molar-refractivity contribution in [1.82, 2.24) is 0 Å². The first-order valence-corrected chi connectivity index (χ1v) is 7.02. The number of hydrogen-bond acceptors (Lipinski definition) is 6. The van der Waals surface area contributed by atoms with Gasteiger partial charge in [-0.25, -0.2) is 8.42 Å². The third-order valence-corrected chi connectivity index (χ3v) is 1.64. The van der Waals surface area contributed by atoms with Crippen LogP contribution in [0.2, 0.25) is 0 Å². The van der Waals surface area contributed by atoms with Gasteiger partial charge < -0.3 is 19.8 Å². The Balaban J connectivity index is 0.000000494. The van der Waals surface area contributed by atoms with Crippen molar-refractivity contribution in [3.8, 4) is 5.75 Å². The molecular weight excluding hydrogens is 258 g/mol. The van der Waals surface area contributed by atoms with Gasteiger partial charge in [-0.1, -0.05) is 0 Å². The molecule has 0 atom stereocenters. The van der Waals surface area contributed by atoms with Gasteiger partial charge in [-0.05, 0) is 24.3 Å². The monoisotopic (exact) mass is 276 g/mol. The number of rotatable bonds is 5. The maximum atomic E-state index is 9.08. The highest BCUT2D eigenvalue weighted by Gasteiger charge is 1.92. The summed E-state index contributed by atoms with van der Waals surface area (Å²) in [7, 11) is -2.23. The second-order valence-corrected chi connectivity index (χ2v) is 4.88. The smallest absolute Gasteiger partial charge is 0.119 e. The van der Waals surface area contributed by atoms with Gasteiger partial charge >= 0.3 is 0 Å². The highest BCUT2D eigenvalue weighted by atomic mass is 32.2. The number of methoxy groups -OCH3 is 1. The normalized spacial score (nSPS) is 10.4. The molecule has 0 bridgehead atoms. The van der Waals surface area contributed by atoms with Gasteiger partial charge in [-0.3, -0.25) is 0 Å². The van der Waals surface area contributed by atoms with E-state index in [1.54, 1.807) is 7.11 Å². The summed E-state index contributed by atoms with van der Waals surface area (Å²) in [5.74, 6) is 0.852. The van der Waals surface area contributed by atoms with Crippen LogP contribution in [0.5, 0.6) is 5.75 Å². The molecule has 0 aliphatic heterocycles. The van der Waals surface area contributed by atoms with Crippen molar-refractivity contribution in [1.29, 1.82) is 0 Å². The Hall–Kier alpha value is -1.31. The number of nitrogens with two attached hydrogens (primary N) is 1. The Kier molecular flexibility index (Phi) is 8.10. The molecule has 7 heteroatoms. The minimum Gasteiger partial charge on any atom is -0.748 e. The summed E-state index contributed by atoms with van der Waals surface area (Å²) in [6.07, 6.45) is 1.51. The molecule has 0 aliphatic rings. The molecule has 0 spiro atoms. The number of benzene rings is 1. The Morgan fingerprint density at radius 1 is 1.22 bits per heavy atom. The predicted octanol–water partition coefficient (Wildman–Crippen LogP) is 0.846. The van der Waals surface area contributed by atoms with E-state index in [-0.39, 0.29) is 0 Å². The zero-order valence-corrected chi connectivity index (χ0v) is 11.3. The minimum atomic E-state index is -3.92. The highest BCUT2D eigenvalue weighted by Crippen LogP contribution is 2.12. The Labute approximate surface area is 107 Å². The van der Waals surface area contributed by atoms with Crippen molar-refractivity contribution in [2.75, 3.05) is 32.3 Å². The Morgan fingerprint density at radius 3 is 2.17 bits per heavy atom. The van der Waals surface area contributed by atoms with Crippen molar-refractivity contribution >= 4 is 15.8 Å². The Bertz CT molecular complexity index is 408. The topological polar surface area (TPSA) is 102 Å². The van der Waals surface area contributed by atoms with E-state index in [1.165, 1.54) is 0 Å². The number of nitrogen functional groups attached to an aromatic ring is 1. The van der Waals surface area contributed by atoms with Gasteiger partial charge in [-0.2, -0.15) is 0 Å². The summed E-state index contributed by atoms with van der Waals surface area (Å²) in [6, 6.07) is 7.38. The van der Waals surface area contributed by atoms with E-state index < -0.39 is 10.1 Å². The quantitative estimate of drug-likeness (QED) is 0.486. The van der Waals surface area contributed by atoms with Gasteiger partial charge in [0.25, 0.3) is 0 Å². The van der Waals surface area contributed by atoms with E-state index in [9.17, 15) is 0 Å². The fraction of sp³-hybridized carbons (Fsp3) is 0.455. The molecule has 0 unspecified atom stereocenters. The van der Waals surface area contributed by atoms with E-state index in [0.717, 1.165) is 24.5 Å². The summed E-state index contributed by atoms with van der Waals surface area (Å²) in [6.45, 7) is 1.41. The SMILES string of the molecule is COCCCOc1ccc(N)cc1.CS(=O)(=O)[O-]. The molecule has 1 aromatic rings. The molecule has 2 N–H and O–H groups in total. The van der Waals surface area contributed by atoms with E-state index >= 15 is 0 Å². The molecule has 0 radical (unpaired) electrons. The van der Waals surface area contributed by atoms with Crippen LogP contribution in [0.1, 0.15) is 6.42 Å². The van der Waals surface area contributed by atoms with E-state index in [0.29, 0.717) is 12.9 Å². The van der Waals surface area contributed by atoms with Gasteiger partial charge in [0.15, 0.2) is 0 Å². The van der Waals surface area contributed by atoms with Gasteiger partial charge in [0, 0.05) is 32.1 Å². The molecular formula is C11H18NO5S-. The van der Waals surface area contributed by atoms with Crippen LogP contribution in [0.15, 0.2) is 24.3 Å². The lowest BCUT2D eigenvalue weighted by atomic mass is 10.3. The molecule has 18 heavy (non-hydrogen) atoms. The molecule has 0 heterocycles. The number of hydrogen-bond donors (Lipinski definition) is 1. The van der Waals surface area contributed by atoms with Gasteiger partial charge in [-0.15, -0.1) is 0 Å². The fourth-order valence-electron chi connectivity index (χ4n) is 0.957. The molecule has 0 saturated heterocycles. The van der Waals surface area contributed by atoms with Crippen molar-refractivity contribution in [3.63, 3.8) is 0 Å². The maximum absolute atomic E-state index is 9.08. The predicted molar refractivity (Wildman–Crippen MR) is 68.5 cm³/mol. The average Bonchev–Trinajstić information content (AvgIpc) is 2.25. The summed E-state index contributed by atoms with van der Waals surface area (Å²) in [5, 5.41) is 0. The van der Waals surface area contributed by atoms with Gasteiger partial charge in [0.05, 0.1) is 16.7 Å². The minimum absolute atomic E-state index is 0.604. The molecule has 0 aliphatic carbocycles. The molecule has 0 amide bonds. The second-order valence-electron chi connectivity index (χ2n) is 3.47. The highest BCUT2D eigenvalue weighted by molar-refractivity contribution is 7.84. The van der Waals surface area contributed by atoms with E-state index in [4.69, 9.17) is 28.2 Å². The summed E-state index contributed by atoms with van der Waals surface area (Å²) in [5.41, 5.74) is 6.28. The molecule has 0 aromatic heterocycles. The van der Waals surface area contributed by atoms with Crippen LogP contribution in [0.25, 0.3) is 0 Å². The van der Waals surface area contributed by atoms with E-state index in [1.807, 2.05) is 24.3 Å². The fourth-order valence-corrected chi connectivity index (χ4v) is 0.957. The molecule has 104 valence electrons. The molecule has 0 saturated carbocycles. The summed E-state index contributed by atoms with van der Waals surface area (Å²) >= 11 is 0. The lowest BCUT2D eigenvalue weighted by Gasteiger charge is -2.05. The number of anilines is 1. The zero-order valence-electron chi connectivity index (χ0n) is 10.5. The van der Waals surface area contributed by atoms with Crippen LogP contribution in [0, 0.1) is 0 Å². The largest absolute Gasteiger partial charge is 0.748 e. The first kappa shape index (κ1) is 16.7. The lowest BCUT2D eigenvalue weighted by Crippen LogP contribution is -2.01. The summed E-state index contributed by atoms with van der Waals surface area (Å²) in [4.78, 5) is 0. The maximum Gasteiger partial charge on any atom is 0.119 e. The van der Waals surface area contributed by atoms with Gasteiger partial charge in [0.2, 0.25) is 0 Å². The standard InChI is InChI=1S/C10H15NO2.CH4O3S/c1-12-7-2-8-13-10-5-3-9(11)4-6-10;1-5(2,3)4/h3-6H,2,7-8,11H2,1H3;1H3,(H,2,3,4)/p-1. The first-order valence-electron chi connectivity index (χ1n) is 5.21. The molecule has 1 rings (SSSR count). The van der Waals surface area contributed by atoms with Crippen molar-refractivity contribution in [3.05, 3.63) is 24.3 Å².